The first-order valence-corrected chi connectivity index (χ1v) is 8.31. The molecule has 0 saturated heterocycles. The second-order valence-corrected chi connectivity index (χ2v) is 6.21. The summed E-state index contributed by atoms with van der Waals surface area (Å²) in [4.78, 5) is 12.6. The Morgan fingerprint density at radius 3 is 2.29 bits per heavy atom. The summed E-state index contributed by atoms with van der Waals surface area (Å²) < 4.78 is 7.96. The van der Waals surface area contributed by atoms with Gasteiger partial charge in [0.25, 0.3) is 0 Å². The molecule has 3 heteroatoms. The molecule has 1 heterocycles. The van der Waals surface area contributed by atoms with Crippen LogP contribution in [0.5, 0.6) is 5.75 Å². The summed E-state index contributed by atoms with van der Waals surface area (Å²) in [5, 5.41) is 1.64. The zero-order valence-electron chi connectivity index (χ0n) is 14.9. The Morgan fingerprint density at radius 2 is 1.62 bits per heavy atom. The third-order valence-corrected chi connectivity index (χ3v) is 4.68. The molecule has 0 bridgehead atoms. The van der Waals surface area contributed by atoms with Gasteiger partial charge in [0.15, 0.2) is 5.43 Å². The standard InChI is InChI=1S/C21H23NO2/c1-6-24-19-9-7-8-18(23)20-15(4)22(16(5)21(19)20)17-11-10-13(2)14(3)12-17/h7-12H,6H2,1-5H3. The second kappa shape index (κ2) is 6.16. The molecule has 0 unspecified atom stereocenters. The van der Waals surface area contributed by atoms with Gasteiger partial charge in [0.2, 0.25) is 0 Å². The zero-order chi connectivity index (χ0) is 17.4. The fraction of sp³-hybridized carbons (Fsp3) is 0.286. The number of hydrogen-bond acceptors (Lipinski definition) is 2. The first kappa shape index (κ1) is 16.3. The minimum atomic E-state index is 0.0270. The van der Waals surface area contributed by atoms with E-state index < -0.39 is 0 Å². The van der Waals surface area contributed by atoms with Gasteiger partial charge in [0, 0.05) is 22.5 Å². The summed E-state index contributed by atoms with van der Waals surface area (Å²) in [5.74, 6) is 0.762. The van der Waals surface area contributed by atoms with Gasteiger partial charge in [-0.05, 0) is 70.0 Å². The van der Waals surface area contributed by atoms with E-state index in [9.17, 15) is 4.79 Å². The molecule has 0 aliphatic heterocycles. The molecule has 0 atom stereocenters. The topological polar surface area (TPSA) is 31.2 Å². The molecule has 3 rings (SSSR count). The lowest BCUT2D eigenvalue weighted by Gasteiger charge is -2.12. The molecule has 3 aromatic rings. The van der Waals surface area contributed by atoms with Crippen LogP contribution in [-0.2, 0) is 0 Å². The van der Waals surface area contributed by atoms with E-state index in [-0.39, 0.29) is 5.43 Å². The van der Waals surface area contributed by atoms with Crippen molar-refractivity contribution in [3.8, 4) is 11.4 Å². The fourth-order valence-electron chi connectivity index (χ4n) is 3.36. The molecule has 0 aliphatic carbocycles. The smallest absolute Gasteiger partial charge is 0.188 e. The van der Waals surface area contributed by atoms with Crippen molar-refractivity contribution in [3.63, 3.8) is 0 Å². The van der Waals surface area contributed by atoms with Crippen molar-refractivity contribution >= 4 is 10.8 Å². The molecule has 3 nitrogen and oxygen atoms in total. The number of hydrogen-bond donors (Lipinski definition) is 0. The lowest BCUT2D eigenvalue weighted by Crippen LogP contribution is -2.01. The van der Waals surface area contributed by atoms with Crippen molar-refractivity contribution in [2.45, 2.75) is 34.6 Å². The highest BCUT2D eigenvalue weighted by molar-refractivity contribution is 5.93. The van der Waals surface area contributed by atoms with Gasteiger partial charge in [-0.15, -0.1) is 0 Å². The molecular formula is C21H23NO2. The monoisotopic (exact) mass is 321 g/mol. The second-order valence-electron chi connectivity index (χ2n) is 6.21. The fourth-order valence-corrected chi connectivity index (χ4v) is 3.36. The summed E-state index contributed by atoms with van der Waals surface area (Å²) in [5.41, 5.74) is 5.59. The number of fused-ring (bicyclic) bond motifs is 1. The van der Waals surface area contributed by atoms with Gasteiger partial charge >= 0.3 is 0 Å². The van der Waals surface area contributed by atoms with Crippen molar-refractivity contribution in [3.05, 3.63) is 69.1 Å². The zero-order valence-corrected chi connectivity index (χ0v) is 14.9. The third kappa shape index (κ3) is 2.50. The van der Waals surface area contributed by atoms with Gasteiger partial charge in [0.05, 0.1) is 12.0 Å². The van der Waals surface area contributed by atoms with Gasteiger partial charge in [-0.2, -0.15) is 0 Å². The average molecular weight is 321 g/mol. The maximum absolute atomic E-state index is 12.6. The van der Waals surface area contributed by atoms with E-state index in [0.29, 0.717) is 6.61 Å². The highest BCUT2D eigenvalue weighted by atomic mass is 16.5. The van der Waals surface area contributed by atoms with Gasteiger partial charge < -0.3 is 9.30 Å². The van der Waals surface area contributed by atoms with Gasteiger partial charge in [-0.3, -0.25) is 4.79 Å². The number of benzene rings is 1. The van der Waals surface area contributed by atoms with Crippen LogP contribution in [0.4, 0.5) is 0 Å². The van der Waals surface area contributed by atoms with E-state index in [0.717, 1.165) is 33.6 Å². The molecule has 0 fully saturated rings. The van der Waals surface area contributed by atoms with E-state index in [1.54, 1.807) is 12.1 Å². The number of aryl methyl sites for hydroxylation is 4. The highest BCUT2D eigenvalue weighted by Gasteiger charge is 2.17. The predicted octanol–water partition coefficient (Wildman–Crippen LogP) is 4.62. The maximum atomic E-state index is 12.6. The van der Waals surface area contributed by atoms with Gasteiger partial charge in [0.1, 0.15) is 5.75 Å². The molecule has 0 N–H and O–H groups in total. The highest BCUT2D eigenvalue weighted by Crippen LogP contribution is 2.33. The molecule has 1 aromatic heterocycles. The van der Waals surface area contributed by atoms with Crippen LogP contribution in [0.2, 0.25) is 0 Å². The molecule has 0 amide bonds. The SMILES string of the molecule is CCOc1cccc(=O)c2c(C)n(-c3ccc(C)c(C)c3)c(C)c12. The van der Waals surface area contributed by atoms with E-state index in [2.05, 4.69) is 36.6 Å². The Kier molecular flexibility index (Phi) is 4.18. The molecule has 0 aliphatic rings. The minimum Gasteiger partial charge on any atom is -0.493 e. The van der Waals surface area contributed by atoms with Crippen LogP contribution in [0.3, 0.4) is 0 Å². The molecule has 0 radical (unpaired) electrons. The largest absolute Gasteiger partial charge is 0.493 e. The summed E-state index contributed by atoms with van der Waals surface area (Å²) in [6.45, 7) is 10.8. The third-order valence-electron chi connectivity index (χ3n) is 4.68. The summed E-state index contributed by atoms with van der Waals surface area (Å²) >= 11 is 0. The van der Waals surface area contributed by atoms with Crippen LogP contribution >= 0.6 is 0 Å². The van der Waals surface area contributed by atoms with Crippen LogP contribution in [0.15, 0.2) is 41.2 Å². The van der Waals surface area contributed by atoms with Crippen LogP contribution in [0.1, 0.15) is 29.4 Å². The first-order valence-electron chi connectivity index (χ1n) is 8.31. The predicted molar refractivity (Wildman–Crippen MR) is 99.7 cm³/mol. The van der Waals surface area contributed by atoms with Gasteiger partial charge in [-0.25, -0.2) is 0 Å². The van der Waals surface area contributed by atoms with Gasteiger partial charge in [-0.1, -0.05) is 12.1 Å². The van der Waals surface area contributed by atoms with Crippen LogP contribution in [0, 0.1) is 27.7 Å². The Morgan fingerprint density at radius 1 is 0.917 bits per heavy atom. The van der Waals surface area contributed by atoms with Crippen molar-refractivity contribution in [1.29, 1.82) is 0 Å². The molecule has 0 saturated carbocycles. The van der Waals surface area contributed by atoms with E-state index in [1.807, 2.05) is 26.8 Å². The van der Waals surface area contributed by atoms with Crippen LogP contribution < -0.4 is 10.2 Å². The maximum Gasteiger partial charge on any atom is 0.188 e. The first-order chi connectivity index (χ1) is 11.5. The number of ether oxygens (including phenoxy) is 1. The molecular weight excluding hydrogens is 298 g/mol. The van der Waals surface area contributed by atoms with E-state index in [1.165, 1.54) is 11.1 Å². The van der Waals surface area contributed by atoms with Crippen molar-refractivity contribution in [2.24, 2.45) is 0 Å². The normalized spacial score (nSPS) is 11.0. The van der Waals surface area contributed by atoms with Crippen molar-refractivity contribution in [2.75, 3.05) is 6.61 Å². The van der Waals surface area contributed by atoms with Crippen LogP contribution in [0.25, 0.3) is 16.5 Å². The summed E-state index contributed by atoms with van der Waals surface area (Å²) in [6.07, 6.45) is 0. The Bertz CT molecular complexity index is 983. The Labute approximate surface area is 142 Å². The summed E-state index contributed by atoms with van der Waals surface area (Å²) in [6, 6.07) is 11.7. The average Bonchev–Trinajstić information content (AvgIpc) is 2.69. The molecule has 124 valence electrons. The minimum absolute atomic E-state index is 0.0270. The Balaban J connectivity index is 2.43. The van der Waals surface area contributed by atoms with E-state index >= 15 is 0 Å². The molecule has 0 spiro atoms. The van der Waals surface area contributed by atoms with Crippen LogP contribution in [-0.4, -0.2) is 11.2 Å². The van der Waals surface area contributed by atoms with Crippen molar-refractivity contribution < 1.29 is 4.74 Å². The van der Waals surface area contributed by atoms with Crippen molar-refractivity contribution in [1.82, 2.24) is 4.57 Å². The Hall–Kier alpha value is -2.55. The number of aromatic nitrogens is 1. The number of nitrogens with zero attached hydrogens (tertiary/aromatic N) is 1. The summed E-state index contributed by atoms with van der Waals surface area (Å²) in [7, 11) is 0. The lowest BCUT2D eigenvalue weighted by atomic mass is 10.1. The van der Waals surface area contributed by atoms with E-state index in [4.69, 9.17) is 4.74 Å². The quantitative estimate of drug-likeness (QED) is 0.704. The molecule has 2 aromatic carbocycles. The number of rotatable bonds is 3. The molecule has 24 heavy (non-hydrogen) atoms. The lowest BCUT2D eigenvalue weighted by molar-refractivity contribution is 0.344.